The number of hydrogen-bond donors (Lipinski definition) is 0. The van der Waals surface area contributed by atoms with Crippen molar-refractivity contribution < 1.29 is 0 Å². The van der Waals surface area contributed by atoms with E-state index in [4.69, 9.17) is 0 Å². The standard InChI is InChI=1S/C73H50N2/c1-6-22-52(23-7-1)61-46-43-59(49-67(61)53-24-8-2-9-25-53)74(58-30-14-5-15-31-58)70-36-20-17-32-62(70)54-40-38-51(39-41-54)55-42-45-66-65-34-18-21-37-71(65)75(72(66)48-55)60-44-47-64-63-33-16-19-35-68(63)73(69(64)50-60,56-26-10-3-11-27-56)57-28-12-4-13-29-57/h1-50H. The Morgan fingerprint density at radius 2 is 0.773 bits per heavy atom. The molecule has 14 rings (SSSR count). The number of benzene rings is 12. The van der Waals surface area contributed by atoms with Gasteiger partial charge in [0.1, 0.15) is 0 Å². The monoisotopic (exact) mass is 954 g/mol. The maximum atomic E-state index is 2.48. The minimum atomic E-state index is -0.495. The summed E-state index contributed by atoms with van der Waals surface area (Å²) in [6.07, 6.45) is 0. The van der Waals surface area contributed by atoms with Gasteiger partial charge in [-0.15, -0.1) is 0 Å². The summed E-state index contributed by atoms with van der Waals surface area (Å²) in [6.45, 7) is 0. The molecule has 13 aromatic rings. The first kappa shape index (κ1) is 44.0. The molecule has 0 amide bonds. The highest BCUT2D eigenvalue weighted by molar-refractivity contribution is 6.10. The van der Waals surface area contributed by atoms with Crippen molar-refractivity contribution in [2.45, 2.75) is 5.41 Å². The first-order chi connectivity index (χ1) is 37.2. The number of anilines is 3. The summed E-state index contributed by atoms with van der Waals surface area (Å²) in [5.41, 5.74) is 23.4. The zero-order valence-corrected chi connectivity index (χ0v) is 41.3. The van der Waals surface area contributed by atoms with Crippen LogP contribution in [0.4, 0.5) is 17.1 Å². The van der Waals surface area contributed by atoms with E-state index in [-0.39, 0.29) is 0 Å². The predicted molar refractivity (Wildman–Crippen MR) is 315 cm³/mol. The Kier molecular flexibility index (Phi) is 10.8. The van der Waals surface area contributed by atoms with E-state index < -0.39 is 5.41 Å². The quantitative estimate of drug-likeness (QED) is 0.133. The molecule has 0 fully saturated rings. The SMILES string of the molecule is c1ccc(-c2ccc(N(c3ccccc3)c3ccccc3-c3ccc(-c4ccc5c6ccccc6n(-c6ccc7c(c6)C(c6ccccc6)(c6ccccc6)c6ccccc6-7)c5c4)cc3)cc2-c2ccccc2)cc1. The van der Waals surface area contributed by atoms with Gasteiger partial charge in [-0.25, -0.2) is 0 Å². The second-order valence-corrected chi connectivity index (χ2v) is 19.6. The summed E-state index contributed by atoms with van der Waals surface area (Å²) in [7, 11) is 0. The molecule has 75 heavy (non-hydrogen) atoms. The third-order valence-corrected chi connectivity index (χ3v) is 15.5. The van der Waals surface area contributed by atoms with E-state index in [0.29, 0.717) is 0 Å². The fourth-order valence-electron chi connectivity index (χ4n) is 12.2. The molecule has 1 aliphatic rings. The van der Waals surface area contributed by atoms with Gasteiger partial charge in [0.2, 0.25) is 0 Å². The van der Waals surface area contributed by atoms with Crippen LogP contribution in [-0.4, -0.2) is 4.57 Å². The summed E-state index contributed by atoms with van der Waals surface area (Å²) < 4.78 is 2.48. The van der Waals surface area contributed by atoms with E-state index in [0.717, 1.165) is 39.4 Å². The van der Waals surface area contributed by atoms with Gasteiger partial charge < -0.3 is 9.47 Å². The average molecular weight is 955 g/mol. The van der Waals surface area contributed by atoms with Crippen molar-refractivity contribution in [2.75, 3.05) is 4.90 Å². The molecule has 12 aromatic carbocycles. The van der Waals surface area contributed by atoms with E-state index in [1.54, 1.807) is 0 Å². The zero-order chi connectivity index (χ0) is 49.7. The van der Waals surface area contributed by atoms with Crippen LogP contribution in [0.25, 0.3) is 83.1 Å². The van der Waals surface area contributed by atoms with Gasteiger partial charge in [-0.3, -0.25) is 0 Å². The molecule has 1 aliphatic carbocycles. The van der Waals surface area contributed by atoms with E-state index in [1.165, 1.54) is 83.0 Å². The third-order valence-electron chi connectivity index (χ3n) is 15.5. The molecule has 352 valence electrons. The Morgan fingerprint density at radius 3 is 1.48 bits per heavy atom. The van der Waals surface area contributed by atoms with Crippen molar-refractivity contribution >= 4 is 38.9 Å². The fourth-order valence-corrected chi connectivity index (χ4v) is 12.2. The summed E-state index contributed by atoms with van der Waals surface area (Å²) in [5, 5.41) is 2.47. The van der Waals surface area contributed by atoms with Crippen LogP contribution in [0.5, 0.6) is 0 Å². The topological polar surface area (TPSA) is 8.17 Å². The lowest BCUT2D eigenvalue weighted by atomic mass is 9.67. The van der Waals surface area contributed by atoms with Crippen molar-refractivity contribution in [1.82, 2.24) is 4.57 Å². The molecule has 0 spiro atoms. The summed E-state index contributed by atoms with van der Waals surface area (Å²) in [5.74, 6) is 0. The summed E-state index contributed by atoms with van der Waals surface area (Å²) in [6, 6.07) is 111. The first-order valence-corrected chi connectivity index (χ1v) is 25.9. The van der Waals surface area contributed by atoms with Gasteiger partial charge in [-0.05, 0) is 127 Å². The minimum Gasteiger partial charge on any atom is -0.310 e. The van der Waals surface area contributed by atoms with Crippen LogP contribution in [0.15, 0.2) is 303 Å². The highest BCUT2D eigenvalue weighted by Gasteiger charge is 2.46. The summed E-state index contributed by atoms with van der Waals surface area (Å²) >= 11 is 0. The second-order valence-electron chi connectivity index (χ2n) is 19.6. The van der Waals surface area contributed by atoms with Crippen LogP contribution < -0.4 is 4.90 Å². The number of hydrogen-bond acceptors (Lipinski definition) is 1. The van der Waals surface area contributed by atoms with Gasteiger partial charge in [-0.2, -0.15) is 0 Å². The smallest absolute Gasteiger partial charge is 0.0714 e. The number of rotatable bonds is 10. The van der Waals surface area contributed by atoms with E-state index in [1.807, 2.05) is 0 Å². The van der Waals surface area contributed by atoms with Crippen molar-refractivity contribution in [3.05, 3.63) is 326 Å². The maximum Gasteiger partial charge on any atom is 0.0714 e. The van der Waals surface area contributed by atoms with Gasteiger partial charge in [-0.1, -0.05) is 249 Å². The number of aromatic nitrogens is 1. The van der Waals surface area contributed by atoms with Gasteiger partial charge in [0.25, 0.3) is 0 Å². The molecule has 0 saturated heterocycles. The average Bonchev–Trinajstić information content (AvgIpc) is 3.99. The highest BCUT2D eigenvalue weighted by Crippen LogP contribution is 2.57. The molecule has 1 aromatic heterocycles. The van der Waals surface area contributed by atoms with E-state index in [2.05, 4.69) is 313 Å². The predicted octanol–water partition coefficient (Wildman–Crippen LogP) is 19.3. The fraction of sp³-hybridized carbons (Fsp3) is 0.0137. The highest BCUT2D eigenvalue weighted by atomic mass is 15.1. The molecule has 0 N–H and O–H groups in total. The van der Waals surface area contributed by atoms with Gasteiger partial charge in [0.05, 0.1) is 22.1 Å². The normalized spacial score (nSPS) is 12.4. The molecule has 1 heterocycles. The molecule has 0 bridgehead atoms. The van der Waals surface area contributed by atoms with E-state index in [9.17, 15) is 0 Å². The molecule has 0 aliphatic heterocycles. The van der Waals surface area contributed by atoms with Crippen LogP contribution in [-0.2, 0) is 5.41 Å². The molecule has 0 saturated carbocycles. The molecule has 2 nitrogen and oxygen atoms in total. The number of fused-ring (bicyclic) bond motifs is 6. The van der Waals surface area contributed by atoms with Crippen molar-refractivity contribution in [3.63, 3.8) is 0 Å². The molecule has 0 atom stereocenters. The molecule has 2 heteroatoms. The van der Waals surface area contributed by atoms with Gasteiger partial charge >= 0.3 is 0 Å². The van der Waals surface area contributed by atoms with Gasteiger partial charge in [0, 0.05) is 33.4 Å². The Balaban J connectivity index is 0.880. The van der Waals surface area contributed by atoms with Crippen molar-refractivity contribution in [3.8, 4) is 61.3 Å². The Morgan fingerprint density at radius 1 is 0.267 bits per heavy atom. The van der Waals surface area contributed by atoms with Crippen molar-refractivity contribution in [1.29, 1.82) is 0 Å². The number of para-hydroxylation sites is 3. The maximum absolute atomic E-state index is 2.48. The summed E-state index contributed by atoms with van der Waals surface area (Å²) in [4.78, 5) is 2.40. The van der Waals surface area contributed by atoms with Crippen LogP contribution >= 0.6 is 0 Å². The van der Waals surface area contributed by atoms with Gasteiger partial charge in [0.15, 0.2) is 0 Å². The molecule has 0 unspecified atom stereocenters. The Labute approximate surface area is 438 Å². The molecule has 0 radical (unpaired) electrons. The molecular weight excluding hydrogens is 905 g/mol. The van der Waals surface area contributed by atoms with Crippen LogP contribution in [0.1, 0.15) is 22.3 Å². The largest absolute Gasteiger partial charge is 0.310 e. The first-order valence-electron chi connectivity index (χ1n) is 25.9. The minimum absolute atomic E-state index is 0.495. The van der Waals surface area contributed by atoms with E-state index >= 15 is 0 Å². The third kappa shape index (κ3) is 7.33. The lowest BCUT2D eigenvalue weighted by Crippen LogP contribution is -2.28. The Hall–Kier alpha value is -9.76. The lowest BCUT2D eigenvalue weighted by Gasteiger charge is -2.34. The van der Waals surface area contributed by atoms with Crippen LogP contribution in [0.3, 0.4) is 0 Å². The molecular formula is C73H50N2. The van der Waals surface area contributed by atoms with Crippen LogP contribution in [0.2, 0.25) is 0 Å². The Bertz CT molecular complexity index is 4160. The number of nitrogens with zero attached hydrogens (tertiary/aromatic N) is 2. The zero-order valence-electron chi connectivity index (χ0n) is 41.3. The lowest BCUT2D eigenvalue weighted by molar-refractivity contribution is 0.767. The second kappa shape index (κ2) is 18.4. The van der Waals surface area contributed by atoms with Crippen LogP contribution in [0, 0.1) is 0 Å². The van der Waals surface area contributed by atoms with Crippen molar-refractivity contribution in [2.24, 2.45) is 0 Å².